The molecule has 0 fully saturated rings. The summed E-state index contributed by atoms with van der Waals surface area (Å²) in [5.41, 5.74) is -1.52. The summed E-state index contributed by atoms with van der Waals surface area (Å²) in [6.07, 6.45) is 3.36. The van der Waals surface area contributed by atoms with Crippen LogP contribution in [0.4, 0.5) is 4.79 Å². The van der Waals surface area contributed by atoms with Crippen LogP contribution in [0.1, 0.15) is 71.2 Å². The summed E-state index contributed by atoms with van der Waals surface area (Å²) in [6, 6.07) is 11.9. The van der Waals surface area contributed by atoms with Crippen molar-refractivity contribution >= 4 is 33.5 Å². The molecule has 0 aliphatic carbocycles. The third-order valence-electron chi connectivity index (χ3n) is 6.31. The number of nitrogens with zero attached hydrogens (tertiary/aromatic N) is 1. The number of fused-ring (bicyclic) bond motifs is 1. The third kappa shape index (κ3) is 12.4. The molecule has 0 saturated heterocycles. The molecule has 0 radical (unpaired) electrons. The lowest BCUT2D eigenvalue weighted by atomic mass is 10.2. The van der Waals surface area contributed by atoms with E-state index in [-0.39, 0.29) is 10.5 Å². The standard InChI is InChI=1S/C33H44N4O9S/c1-32(2,3)45-30(40)27(36-47(42,43)26-13-9-7-10-14-26)22-35-29(39)23-19-24-21-25(15-17-37(24)28(38)20-23)44-18-12-8-11-16-34-31(41)46-33(4,5)6/h7,9-10,13-15,17,19-21,27,36H,8,11-12,16,18,22H2,1-6H3,(H,34,41)(H,35,39)/t27-/m0/s1. The monoisotopic (exact) mass is 672 g/mol. The summed E-state index contributed by atoms with van der Waals surface area (Å²) < 4.78 is 46.0. The largest absolute Gasteiger partial charge is 0.493 e. The van der Waals surface area contributed by atoms with Gasteiger partial charge in [-0.25, -0.2) is 13.2 Å². The zero-order valence-corrected chi connectivity index (χ0v) is 28.4. The summed E-state index contributed by atoms with van der Waals surface area (Å²) in [6.45, 7) is 10.8. The fraction of sp³-hybridized carbons (Fsp3) is 0.455. The van der Waals surface area contributed by atoms with Gasteiger partial charge in [0.05, 0.1) is 17.0 Å². The second-order valence-corrected chi connectivity index (χ2v) is 14.5. The number of nitrogens with one attached hydrogen (secondary N) is 3. The van der Waals surface area contributed by atoms with Gasteiger partial charge in [0.1, 0.15) is 23.0 Å². The van der Waals surface area contributed by atoms with E-state index in [1.807, 2.05) is 0 Å². The third-order valence-corrected chi connectivity index (χ3v) is 7.79. The fourth-order valence-electron chi connectivity index (χ4n) is 4.23. The molecule has 0 aliphatic rings. The molecule has 0 saturated carbocycles. The van der Waals surface area contributed by atoms with Crippen LogP contribution in [0.25, 0.3) is 5.52 Å². The zero-order valence-electron chi connectivity index (χ0n) is 27.6. The van der Waals surface area contributed by atoms with Crippen molar-refractivity contribution in [2.75, 3.05) is 19.7 Å². The predicted octanol–water partition coefficient (Wildman–Crippen LogP) is 3.79. The van der Waals surface area contributed by atoms with Crippen molar-refractivity contribution in [1.82, 2.24) is 19.8 Å². The number of unbranched alkanes of at least 4 members (excludes halogenated alkanes) is 2. The molecule has 2 heterocycles. The lowest BCUT2D eigenvalue weighted by Crippen LogP contribution is -2.50. The van der Waals surface area contributed by atoms with Gasteiger partial charge < -0.3 is 24.8 Å². The van der Waals surface area contributed by atoms with E-state index in [4.69, 9.17) is 14.2 Å². The summed E-state index contributed by atoms with van der Waals surface area (Å²) in [5, 5.41) is 5.26. The number of sulfonamides is 1. The number of pyridine rings is 2. The molecule has 0 unspecified atom stereocenters. The number of hydrogen-bond donors (Lipinski definition) is 3. The molecule has 2 aromatic heterocycles. The van der Waals surface area contributed by atoms with E-state index in [2.05, 4.69) is 15.4 Å². The molecule has 47 heavy (non-hydrogen) atoms. The van der Waals surface area contributed by atoms with Crippen LogP contribution < -0.4 is 25.7 Å². The van der Waals surface area contributed by atoms with Gasteiger partial charge in [-0.1, -0.05) is 18.2 Å². The van der Waals surface area contributed by atoms with Crippen molar-refractivity contribution in [3.05, 3.63) is 76.7 Å². The van der Waals surface area contributed by atoms with Crippen molar-refractivity contribution in [3.63, 3.8) is 0 Å². The molecule has 3 rings (SSSR count). The first kappa shape index (κ1) is 37.0. The summed E-state index contributed by atoms with van der Waals surface area (Å²) in [4.78, 5) is 50.5. The molecule has 14 heteroatoms. The van der Waals surface area contributed by atoms with Crippen LogP contribution in [0.15, 0.2) is 70.5 Å². The number of carbonyl (C=O) groups excluding carboxylic acids is 3. The SMILES string of the molecule is CC(C)(C)OC(=O)NCCCCCOc1ccn2c(=O)cc(C(=O)NC[C@H](NS(=O)(=O)c3ccccc3)C(=O)OC(C)(C)C)cc2c1. The number of benzene rings is 1. The highest BCUT2D eigenvalue weighted by molar-refractivity contribution is 7.89. The van der Waals surface area contributed by atoms with Gasteiger partial charge in [0.25, 0.3) is 11.5 Å². The number of esters is 1. The Kier molecular flexibility index (Phi) is 12.5. The number of aromatic nitrogens is 1. The van der Waals surface area contributed by atoms with E-state index in [0.29, 0.717) is 24.4 Å². The van der Waals surface area contributed by atoms with Crippen molar-refractivity contribution in [1.29, 1.82) is 0 Å². The van der Waals surface area contributed by atoms with Gasteiger partial charge in [0.15, 0.2) is 0 Å². The first-order chi connectivity index (χ1) is 21.9. The molecule has 13 nitrogen and oxygen atoms in total. The van der Waals surface area contributed by atoms with Gasteiger partial charge in [-0.15, -0.1) is 0 Å². The van der Waals surface area contributed by atoms with Gasteiger partial charge >= 0.3 is 12.1 Å². The minimum Gasteiger partial charge on any atom is -0.493 e. The molecule has 0 spiro atoms. The second-order valence-electron chi connectivity index (χ2n) is 12.8. The Morgan fingerprint density at radius 1 is 0.851 bits per heavy atom. The lowest BCUT2D eigenvalue weighted by molar-refractivity contribution is -0.156. The van der Waals surface area contributed by atoms with Gasteiger partial charge in [0, 0.05) is 37.0 Å². The molecular weight excluding hydrogens is 628 g/mol. The highest BCUT2D eigenvalue weighted by Crippen LogP contribution is 2.16. The quantitative estimate of drug-likeness (QED) is 0.170. The Labute approximate surface area is 275 Å². The average molecular weight is 673 g/mol. The zero-order chi connectivity index (χ0) is 34.8. The van der Waals surface area contributed by atoms with E-state index >= 15 is 0 Å². The molecule has 3 N–H and O–H groups in total. The minimum atomic E-state index is -4.13. The van der Waals surface area contributed by atoms with Crippen molar-refractivity contribution in [3.8, 4) is 5.75 Å². The average Bonchev–Trinajstić information content (AvgIpc) is 2.97. The van der Waals surface area contributed by atoms with Crippen molar-refractivity contribution in [2.24, 2.45) is 0 Å². The first-order valence-corrected chi connectivity index (χ1v) is 16.8. The van der Waals surface area contributed by atoms with E-state index in [1.54, 1.807) is 71.9 Å². The van der Waals surface area contributed by atoms with E-state index < -0.39 is 57.3 Å². The van der Waals surface area contributed by atoms with Crippen LogP contribution in [-0.4, -0.2) is 67.7 Å². The summed E-state index contributed by atoms with van der Waals surface area (Å²) >= 11 is 0. The summed E-state index contributed by atoms with van der Waals surface area (Å²) in [5.74, 6) is -1.07. The smallest absolute Gasteiger partial charge is 0.407 e. The Hall–Kier alpha value is -4.43. The molecular formula is C33H44N4O9S. The molecule has 1 atom stereocenters. The van der Waals surface area contributed by atoms with Gasteiger partial charge in [-0.05, 0) is 85.1 Å². The highest BCUT2D eigenvalue weighted by atomic mass is 32.2. The minimum absolute atomic E-state index is 0.0125. The Morgan fingerprint density at radius 3 is 2.19 bits per heavy atom. The maximum absolute atomic E-state index is 13.1. The van der Waals surface area contributed by atoms with Gasteiger partial charge in [0.2, 0.25) is 10.0 Å². The molecule has 256 valence electrons. The first-order valence-electron chi connectivity index (χ1n) is 15.3. The maximum Gasteiger partial charge on any atom is 0.407 e. The molecule has 0 bridgehead atoms. The van der Waals surface area contributed by atoms with Crippen LogP contribution in [0.3, 0.4) is 0 Å². The number of ether oxygens (including phenoxy) is 3. The summed E-state index contributed by atoms with van der Waals surface area (Å²) in [7, 11) is -4.13. The number of hydrogen-bond acceptors (Lipinski definition) is 9. The molecule has 1 aromatic carbocycles. The van der Waals surface area contributed by atoms with Crippen LogP contribution in [0, 0.1) is 0 Å². The fourth-order valence-corrected chi connectivity index (χ4v) is 5.44. The Balaban J connectivity index is 1.62. The number of rotatable bonds is 14. The van der Waals surface area contributed by atoms with Crippen molar-refractivity contribution < 1.29 is 37.0 Å². The highest BCUT2D eigenvalue weighted by Gasteiger charge is 2.30. The number of carbonyl (C=O) groups is 3. The van der Waals surface area contributed by atoms with Crippen LogP contribution in [-0.2, 0) is 24.3 Å². The van der Waals surface area contributed by atoms with E-state index in [9.17, 15) is 27.6 Å². The predicted molar refractivity (Wildman–Crippen MR) is 176 cm³/mol. The topological polar surface area (TPSA) is 171 Å². The van der Waals surface area contributed by atoms with Gasteiger partial charge in [-0.3, -0.25) is 18.8 Å². The van der Waals surface area contributed by atoms with Crippen LogP contribution in [0.2, 0.25) is 0 Å². The number of alkyl carbamates (subject to hydrolysis) is 1. The van der Waals surface area contributed by atoms with Crippen LogP contribution >= 0.6 is 0 Å². The van der Waals surface area contributed by atoms with E-state index in [1.165, 1.54) is 28.8 Å². The second kappa shape index (κ2) is 15.9. The Morgan fingerprint density at radius 2 is 1.53 bits per heavy atom. The van der Waals surface area contributed by atoms with Crippen molar-refractivity contribution in [2.45, 2.75) is 82.9 Å². The number of amides is 2. The molecule has 2 amide bonds. The lowest BCUT2D eigenvalue weighted by Gasteiger charge is -2.24. The molecule has 0 aliphatic heterocycles. The maximum atomic E-state index is 13.1. The van der Waals surface area contributed by atoms with Crippen LogP contribution in [0.5, 0.6) is 5.75 Å². The Bertz CT molecular complexity index is 1710. The molecule has 3 aromatic rings. The van der Waals surface area contributed by atoms with E-state index in [0.717, 1.165) is 25.3 Å². The van der Waals surface area contributed by atoms with Gasteiger partial charge in [-0.2, -0.15) is 4.72 Å². The normalized spacial score (nSPS) is 12.6.